The molecular weight excluding hydrogens is 473 g/mol. The van der Waals surface area contributed by atoms with Crippen LogP contribution in [-0.2, 0) is 14.6 Å². The number of rotatable bonds is 10. The molecule has 3 unspecified atom stereocenters. The van der Waals surface area contributed by atoms with Crippen LogP contribution < -0.4 is 0 Å². The van der Waals surface area contributed by atoms with Crippen molar-refractivity contribution in [3.8, 4) is 0 Å². The largest absolute Gasteiger partial charge is 0.331 e. The van der Waals surface area contributed by atoms with E-state index in [1.165, 1.54) is 19.1 Å². The maximum Gasteiger partial charge on any atom is 0.220 e. The number of sulfone groups is 1. The second-order valence-corrected chi connectivity index (χ2v) is 13.4. The van der Waals surface area contributed by atoms with E-state index in [0.717, 1.165) is 24.8 Å². The van der Waals surface area contributed by atoms with E-state index in [9.17, 15) is 17.6 Å². The predicted octanol–water partition coefficient (Wildman–Crippen LogP) is 6.91. The van der Waals surface area contributed by atoms with Gasteiger partial charge in [0.25, 0.3) is 0 Å². The Labute approximate surface area is 210 Å². The number of amides is 1. The molecule has 1 aliphatic carbocycles. The summed E-state index contributed by atoms with van der Waals surface area (Å²) in [6.07, 6.45) is 8.41. The molecule has 0 spiro atoms. The highest BCUT2D eigenvalue weighted by Gasteiger charge is 2.45. The van der Waals surface area contributed by atoms with Gasteiger partial charge in [0.15, 0.2) is 9.84 Å². The summed E-state index contributed by atoms with van der Waals surface area (Å²) in [5, 5.41) is 0.0127. The van der Waals surface area contributed by atoms with Crippen LogP contribution in [0.3, 0.4) is 0 Å². The third-order valence-corrected chi connectivity index (χ3v) is 9.72. The number of benzene rings is 1. The lowest BCUT2D eigenvalue weighted by molar-refractivity contribution is -0.135. The van der Waals surface area contributed by atoms with Gasteiger partial charge in [-0.15, -0.1) is 0 Å². The van der Waals surface area contributed by atoms with Crippen LogP contribution in [0, 0.1) is 17.7 Å². The normalized spacial score (nSPS) is 18.1. The highest BCUT2D eigenvalue weighted by Crippen LogP contribution is 2.44. The first-order valence-corrected chi connectivity index (χ1v) is 14.1. The maximum absolute atomic E-state index is 14.6. The summed E-state index contributed by atoms with van der Waals surface area (Å²) in [5.74, 6) is -0.933. The highest BCUT2D eigenvalue weighted by atomic mass is 35.5. The first kappa shape index (κ1) is 28.6. The number of carbonyl (C=O) groups is 1. The van der Waals surface area contributed by atoms with Gasteiger partial charge >= 0.3 is 0 Å². The molecule has 190 valence electrons. The minimum atomic E-state index is -3.49. The van der Waals surface area contributed by atoms with Crippen molar-refractivity contribution in [2.45, 2.75) is 84.6 Å². The van der Waals surface area contributed by atoms with Crippen LogP contribution in [0.2, 0.25) is 5.02 Å². The molecule has 0 aliphatic heterocycles. The molecule has 7 heteroatoms. The lowest BCUT2D eigenvalue weighted by Crippen LogP contribution is -2.50. The zero-order valence-electron chi connectivity index (χ0n) is 21.4. The van der Waals surface area contributed by atoms with Gasteiger partial charge in [-0.2, -0.15) is 0 Å². The Bertz CT molecular complexity index is 1040. The molecule has 0 heterocycles. The molecule has 1 saturated carbocycles. The predicted molar refractivity (Wildman–Crippen MR) is 139 cm³/mol. The number of nitrogens with zero attached hydrogens (tertiary/aromatic N) is 1. The van der Waals surface area contributed by atoms with Crippen molar-refractivity contribution in [3.05, 3.63) is 58.4 Å². The van der Waals surface area contributed by atoms with Crippen LogP contribution in [-0.4, -0.2) is 35.8 Å². The van der Waals surface area contributed by atoms with E-state index < -0.39 is 32.5 Å². The summed E-state index contributed by atoms with van der Waals surface area (Å²) in [4.78, 5) is 14.9. The van der Waals surface area contributed by atoms with Crippen LogP contribution in [0.25, 0.3) is 0 Å². The fraction of sp³-hybridized carbons (Fsp3) is 0.593. The number of halogens is 2. The number of carbonyl (C=O) groups excluding carboxylic acids is 1. The quantitative estimate of drug-likeness (QED) is 0.321. The van der Waals surface area contributed by atoms with Gasteiger partial charge in [-0.25, -0.2) is 12.8 Å². The molecule has 1 aromatic carbocycles. The van der Waals surface area contributed by atoms with Gasteiger partial charge < -0.3 is 4.90 Å². The smallest absolute Gasteiger partial charge is 0.220 e. The van der Waals surface area contributed by atoms with Gasteiger partial charge in [-0.1, -0.05) is 55.3 Å². The second-order valence-electron chi connectivity index (χ2n) is 10.3. The Hall–Kier alpha value is -1.66. The van der Waals surface area contributed by atoms with E-state index in [2.05, 4.69) is 0 Å². The fourth-order valence-corrected chi connectivity index (χ4v) is 5.94. The van der Waals surface area contributed by atoms with Gasteiger partial charge in [0, 0.05) is 18.9 Å². The van der Waals surface area contributed by atoms with Crippen LogP contribution in [0.15, 0.2) is 42.0 Å². The van der Waals surface area contributed by atoms with Crippen molar-refractivity contribution in [2.75, 3.05) is 5.75 Å². The van der Waals surface area contributed by atoms with Crippen molar-refractivity contribution < 1.29 is 17.6 Å². The molecule has 0 aromatic heterocycles. The standard InChI is InChI=1S/C27H39ClFNO3S/c1-8-10-11-20(9-2)18(3)26(22-14-15-23(28)24(29)16-22)30(19(4)31)25(21-12-13-21)17-34(32,33)27(5,6)7/h8,10-11,14-16,18,21,25-26H,9,12-13,17H2,1-7H3. The summed E-state index contributed by atoms with van der Waals surface area (Å²) in [6, 6.07) is 3.62. The Balaban J connectivity index is 2.70. The molecule has 0 radical (unpaired) electrons. The van der Waals surface area contributed by atoms with E-state index in [-0.39, 0.29) is 28.5 Å². The van der Waals surface area contributed by atoms with Crippen molar-refractivity contribution >= 4 is 27.3 Å². The number of hydrogen-bond acceptors (Lipinski definition) is 3. The van der Waals surface area contributed by atoms with Crippen LogP contribution in [0.1, 0.15) is 79.3 Å². The van der Waals surface area contributed by atoms with Gasteiger partial charge in [0.2, 0.25) is 5.91 Å². The molecule has 1 aromatic rings. The van der Waals surface area contributed by atoms with Crippen LogP contribution in [0.4, 0.5) is 4.39 Å². The third kappa shape index (κ3) is 6.72. The summed E-state index contributed by atoms with van der Waals surface area (Å²) in [6.45, 7) is 12.5. The van der Waals surface area contributed by atoms with E-state index in [0.29, 0.717) is 5.56 Å². The zero-order chi connectivity index (χ0) is 25.8. The van der Waals surface area contributed by atoms with Crippen LogP contribution in [0.5, 0.6) is 0 Å². The van der Waals surface area contributed by atoms with E-state index in [1.807, 2.05) is 39.0 Å². The van der Waals surface area contributed by atoms with Crippen molar-refractivity contribution in [1.82, 2.24) is 4.90 Å². The lowest BCUT2D eigenvalue weighted by atomic mass is 9.84. The first-order valence-electron chi connectivity index (χ1n) is 12.0. The third-order valence-electron chi connectivity index (χ3n) is 6.76. The summed E-state index contributed by atoms with van der Waals surface area (Å²) >= 11 is 5.97. The fourth-order valence-electron chi connectivity index (χ4n) is 4.44. The molecule has 1 aliphatic rings. The van der Waals surface area contributed by atoms with Crippen LogP contribution >= 0.6 is 11.6 Å². The summed E-state index contributed by atoms with van der Waals surface area (Å²) in [5.41, 5.74) is 1.71. The number of hydrogen-bond donors (Lipinski definition) is 0. The Kier molecular flexibility index (Phi) is 9.57. The van der Waals surface area contributed by atoms with Gasteiger partial charge in [0.1, 0.15) is 5.82 Å². The molecule has 34 heavy (non-hydrogen) atoms. The topological polar surface area (TPSA) is 54.5 Å². The van der Waals surface area contributed by atoms with Crippen molar-refractivity contribution in [3.63, 3.8) is 0 Å². The van der Waals surface area contributed by atoms with E-state index >= 15 is 0 Å². The summed E-state index contributed by atoms with van der Waals surface area (Å²) in [7, 11) is -3.49. The average Bonchev–Trinajstić information content (AvgIpc) is 3.57. The Morgan fingerprint density at radius 3 is 2.35 bits per heavy atom. The Morgan fingerprint density at radius 2 is 1.91 bits per heavy atom. The molecule has 3 atom stereocenters. The zero-order valence-corrected chi connectivity index (χ0v) is 23.0. The molecule has 0 saturated heterocycles. The second kappa shape index (κ2) is 11.4. The van der Waals surface area contributed by atoms with Crippen molar-refractivity contribution in [1.29, 1.82) is 0 Å². The molecule has 1 fully saturated rings. The van der Waals surface area contributed by atoms with Gasteiger partial charge in [0.05, 0.1) is 21.6 Å². The average molecular weight is 512 g/mol. The van der Waals surface area contributed by atoms with Gasteiger partial charge in [-0.05, 0) is 70.6 Å². The monoisotopic (exact) mass is 511 g/mol. The minimum absolute atomic E-state index is 0.0127. The molecule has 0 N–H and O–H groups in total. The maximum atomic E-state index is 14.6. The SMILES string of the molecule is CC=CC=C(CC)C(C)C(c1ccc(Cl)c(F)c1)N(C(C)=O)C(CS(=O)(=O)C(C)(C)C)C1CC1. The minimum Gasteiger partial charge on any atom is -0.331 e. The van der Waals surface area contributed by atoms with E-state index in [1.54, 1.807) is 31.7 Å². The van der Waals surface area contributed by atoms with E-state index in [4.69, 9.17) is 11.6 Å². The molecular formula is C27H39ClFNO3S. The van der Waals surface area contributed by atoms with Gasteiger partial charge in [-0.3, -0.25) is 4.79 Å². The molecule has 1 amide bonds. The molecule has 0 bridgehead atoms. The first-order chi connectivity index (χ1) is 15.7. The molecule has 2 rings (SSSR count). The molecule has 4 nitrogen and oxygen atoms in total. The van der Waals surface area contributed by atoms with Crippen molar-refractivity contribution in [2.24, 2.45) is 11.8 Å². The lowest BCUT2D eigenvalue weighted by Gasteiger charge is -2.42. The number of allylic oxidation sites excluding steroid dienone is 3. The summed E-state index contributed by atoms with van der Waals surface area (Å²) < 4.78 is 40.2. The highest BCUT2D eigenvalue weighted by molar-refractivity contribution is 7.92. The Morgan fingerprint density at radius 1 is 1.29 bits per heavy atom.